The molecule has 0 radical (unpaired) electrons. The van der Waals surface area contributed by atoms with Gasteiger partial charge in [0.05, 0.1) is 13.2 Å². The summed E-state index contributed by atoms with van der Waals surface area (Å²) in [7, 11) is 0. The molecule has 0 atom stereocenters. The molecule has 2 aromatic rings. The summed E-state index contributed by atoms with van der Waals surface area (Å²) < 4.78 is 45.1. The quantitative estimate of drug-likeness (QED) is 0.797. The number of benzene rings is 1. The molecule has 0 unspecified atom stereocenters. The number of halogens is 3. The molecular weight excluding hydrogens is 287 g/mol. The highest BCUT2D eigenvalue weighted by Crippen LogP contribution is 2.14. The van der Waals surface area contributed by atoms with Crippen LogP contribution < -0.4 is 5.32 Å². The molecule has 21 heavy (non-hydrogen) atoms. The van der Waals surface area contributed by atoms with E-state index in [0.29, 0.717) is 18.3 Å². The van der Waals surface area contributed by atoms with Crippen LogP contribution >= 0.6 is 0 Å². The van der Waals surface area contributed by atoms with Crippen LogP contribution in [-0.4, -0.2) is 29.5 Å². The fraction of sp³-hybridized carbons (Fsp3) is 0.385. The minimum Gasteiger partial charge on any atom is -0.376 e. The van der Waals surface area contributed by atoms with Crippen LogP contribution in [-0.2, 0) is 17.7 Å². The minimum atomic E-state index is -4.32. The van der Waals surface area contributed by atoms with Crippen LogP contribution in [0.5, 0.6) is 0 Å². The van der Waals surface area contributed by atoms with Crippen LogP contribution in [0.2, 0.25) is 0 Å². The van der Waals surface area contributed by atoms with Gasteiger partial charge in [0.1, 0.15) is 6.61 Å². The Morgan fingerprint density at radius 1 is 1.19 bits per heavy atom. The highest BCUT2D eigenvalue weighted by Gasteiger charge is 2.27. The molecule has 2 rings (SSSR count). The number of hydrogen-bond donors (Lipinski definition) is 1. The third-order valence-corrected chi connectivity index (χ3v) is 2.46. The van der Waals surface area contributed by atoms with Crippen molar-refractivity contribution in [3.8, 4) is 0 Å². The number of aromatic nitrogens is 2. The summed E-state index contributed by atoms with van der Waals surface area (Å²) in [5, 5.41) is 6.76. The number of alkyl halides is 3. The summed E-state index contributed by atoms with van der Waals surface area (Å²) in [5.74, 6) is 0.687. The molecule has 0 aliphatic heterocycles. The summed E-state index contributed by atoms with van der Waals surface area (Å²) >= 11 is 0. The lowest BCUT2D eigenvalue weighted by molar-refractivity contribution is -0.173. The normalized spacial score (nSPS) is 11.6. The van der Waals surface area contributed by atoms with Gasteiger partial charge in [-0.15, -0.1) is 0 Å². The first kappa shape index (κ1) is 15.3. The van der Waals surface area contributed by atoms with Crippen molar-refractivity contribution in [2.24, 2.45) is 0 Å². The number of nitrogens with zero attached hydrogens (tertiary/aromatic N) is 2. The fourth-order valence-electron chi connectivity index (χ4n) is 1.55. The van der Waals surface area contributed by atoms with Gasteiger partial charge >= 0.3 is 6.18 Å². The highest BCUT2D eigenvalue weighted by molar-refractivity contribution is 5.42. The zero-order chi connectivity index (χ0) is 15.1. The number of hydrogen-bond acceptors (Lipinski definition) is 5. The number of ether oxygens (including phenoxy) is 1. The van der Waals surface area contributed by atoms with Crippen LogP contribution in [0.4, 0.5) is 18.9 Å². The van der Waals surface area contributed by atoms with E-state index in [2.05, 4.69) is 20.2 Å². The number of anilines is 1. The zero-order valence-electron chi connectivity index (χ0n) is 11.1. The maximum Gasteiger partial charge on any atom is 0.411 e. The Hall–Kier alpha value is -2.09. The molecule has 114 valence electrons. The first-order valence-corrected chi connectivity index (χ1v) is 6.28. The van der Waals surface area contributed by atoms with E-state index in [0.717, 1.165) is 5.69 Å². The molecule has 0 bridgehead atoms. The summed E-state index contributed by atoms with van der Waals surface area (Å²) in [6.07, 6.45) is -4.15. The van der Waals surface area contributed by atoms with E-state index in [4.69, 9.17) is 4.52 Å². The highest BCUT2D eigenvalue weighted by atomic mass is 19.4. The van der Waals surface area contributed by atoms with Crippen molar-refractivity contribution in [3.63, 3.8) is 0 Å². The standard InChI is InChI=1S/C13H14F3N3O2/c14-13(15,16)9-20-7-6-11-18-12(21-19-11)8-17-10-4-2-1-3-5-10/h1-5,17H,6-9H2. The second-order valence-electron chi connectivity index (χ2n) is 4.24. The van der Waals surface area contributed by atoms with E-state index >= 15 is 0 Å². The fourth-order valence-corrected chi connectivity index (χ4v) is 1.55. The van der Waals surface area contributed by atoms with Crippen LogP contribution in [0.1, 0.15) is 11.7 Å². The molecule has 0 amide bonds. The largest absolute Gasteiger partial charge is 0.411 e. The molecule has 5 nitrogen and oxygen atoms in total. The predicted octanol–water partition coefficient (Wildman–Crippen LogP) is 2.80. The first-order valence-electron chi connectivity index (χ1n) is 6.28. The van der Waals surface area contributed by atoms with Gasteiger partial charge in [0.15, 0.2) is 5.82 Å². The Labute approximate surface area is 119 Å². The monoisotopic (exact) mass is 301 g/mol. The maximum absolute atomic E-state index is 11.9. The lowest BCUT2D eigenvalue weighted by Crippen LogP contribution is -2.18. The molecule has 0 spiro atoms. The number of nitrogens with one attached hydrogen (secondary N) is 1. The lowest BCUT2D eigenvalue weighted by Gasteiger charge is -2.05. The first-order chi connectivity index (χ1) is 10.0. The lowest BCUT2D eigenvalue weighted by atomic mass is 10.3. The van der Waals surface area contributed by atoms with E-state index < -0.39 is 12.8 Å². The molecule has 0 aliphatic carbocycles. The van der Waals surface area contributed by atoms with Crippen molar-refractivity contribution < 1.29 is 22.4 Å². The minimum absolute atomic E-state index is 0.107. The maximum atomic E-state index is 11.9. The molecular formula is C13H14F3N3O2. The number of para-hydroxylation sites is 1. The van der Waals surface area contributed by atoms with E-state index in [9.17, 15) is 13.2 Å². The molecule has 1 N–H and O–H groups in total. The van der Waals surface area contributed by atoms with Crippen molar-refractivity contribution in [3.05, 3.63) is 42.0 Å². The Morgan fingerprint density at radius 2 is 1.95 bits per heavy atom. The van der Waals surface area contributed by atoms with Crippen LogP contribution in [0.3, 0.4) is 0 Å². The van der Waals surface area contributed by atoms with E-state index in [-0.39, 0.29) is 13.0 Å². The summed E-state index contributed by atoms with van der Waals surface area (Å²) in [4.78, 5) is 4.06. The molecule has 1 aromatic heterocycles. The van der Waals surface area contributed by atoms with Gasteiger partial charge in [-0.25, -0.2) is 0 Å². The average Bonchev–Trinajstić information content (AvgIpc) is 2.89. The summed E-state index contributed by atoms with van der Waals surface area (Å²) in [6.45, 7) is -1.03. The van der Waals surface area contributed by atoms with Crippen molar-refractivity contribution in [2.75, 3.05) is 18.5 Å². The molecule has 1 aromatic carbocycles. The van der Waals surface area contributed by atoms with E-state index in [1.54, 1.807) is 0 Å². The van der Waals surface area contributed by atoms with Crippen molar-refractivity contribution in [1.82, 2.24) is 10.1 Å². The third-order valence-electron chi connectivity index (χ3n) is 2.46. The van der Waals surface area contributed by atoms with Crippen LogP contribution in [0.15, 0.2) is 34.9 Å². The molecule has 0 fully saturated rings. The molecule has 0 saturated heterocycles. The Kier molecular flexibility index (Phi) is 5.15. The Balaban J connectivity index is 1.71. The summed E-state index contributed by atoms with van der Waals surface area (Å²) in [6, 6.07) is 9.46. The van der Waals surface area contributed by atoms with Crippen molar-refractivity contribution >= 4 is 5.69 Å². The third kappa shape index (κ3) is 5.82. The molecule has 0 saturated carbocycles. The van der Waals surface area contributed by atoms with Gasteiger partial charge < -0.3 is 14.6 Å². The molecule has 0 aliphatic rings. The number of rotatable bonds is 7. The van der Waals surface area contributed by atoms with Crippen molar-refractivity contribution in [2.45, 2.75) is 19.1 Å². The van der Waals surface area contributed by atoms with Gasteiger partial charge in [0.2, 0.25) is 5.89 Å². The molecule has 1 heterocycles. The van der Waals surface area contributed by atoms with Gasteiger partial charge in [-0.2, -0.15) is 18.2 Å². The summed E-state index contributed by atoms with van der Waals surface area (Å²) in [5.41, 5.74) is 0.908. The predicted molar refractivity (Wildman–Crippen MR) is 68.6 cm³/mol. The topological polar surface area (TPSA) is 60.2 Å². The van der Waals surface area contributed by atoms with Crippen LogP contribution in [0, 0.1) is 0 Å². The van der Waals surface area contributed by atoms with Gasteiger partial charge in [-0.05, 0) is 12.1 Å². The second-order valence-corrected chi connectivity index (χ2v) is 4.24. The van der Waals surface area contributed by atoms with E-state index in [1.165, 1.54) is 0 Å². The van der Waals surface area contributed by atoms with Crippen molar-refractivity contribution in [1.29, 1.82) is 0 Å². The smallest absolute Gasteiger partial charge is 0.376 e. The Morgan fingerprint density at radius 3 is 2.67 bits per heavy atom. The average molecular weight is 301 g/mol. The van der Waals surface area contributed by atoms with Gasteiger partial charge in [-0.1, -0.05) is 23.4 Å². The van der Waals surface area contributed by atoms with Gasteiger partial charge in [-0.3, -0.25) is 0 Å². The van der Waals surface area contributed by atoms with Gasteiger partial charge in [0.25, 0.3) is 0 Å². The molecule has 8 heteroatoms. The second kappa shape index (κ2) is 7.07. The van der Waals surface area contributed by atoms with Gasteiger partial charge in [0, 0.05) is 12.1 Å². The van der Waals surface area contributed by atoms with E-state index in [1.807, 2.05) is 30.3 Å². The zero-order valence-corrected chi connectivity index (χ0v) is 11.1. The van der Waals surface area contributed by atoms with Crippen LogP contribution in [0.25, 0.3) is 0 Å². The SMILES string of the molecule is FC(F)(F)COCCc1noc(CNc2ccccc2)n1. The Bertz CT molecular complexity index is 543.